The third kappa shape index (κ3) is 4.59. The summed E-state index contributed by atoms with van der Waals surface area (Å²) in [6.45, 7) is 1.21. The topological polar surface area (TPSA) is 97.6 Å². The summed E-state index contributed by atoms with van der Waals surface area (Å²) in [6.07, 6.45) is 2.48. The van der Waals surface area contributed by atoms with Crippen LogP contribution < -0.4 is 4.72 Å². The lowest BCUT2D eigenvalue weighted by atomic mass is 9.89. The van der Waals surface area contributed by atoms with E-state index < -0.39 is 15.9 Å². The van der Waals surface area contributed by atoms with Crippen LogP contribution in [0.4, 0.5) is 4.39 Å². The van der Waals surface area contributed by atoms with Crippen LogP contribution in [0.15, 0.2) is 66.7 Å². The van der Waals surface area contributed by atoms with Gasteiger partial charge in [0.25, 0.3) is 5.91 Å². The van der Waals surface area contributed by atoms with Gasteiger partial charge in [-0.1, -0.05) is 18.2 Å². The average molecular weight is 509 g/mol. The fourth-order valence-electron chi connectivity index (χ4n) is 4.87. The predicted molar refractivity (Wildman–Crippen MR) is 135 cm³/mol. The Morgan fingerprint density at radius 2 is 1.69 bits per heavy atom. The van der Waals surface area contributed by atoms with Gasteiger partial charge in [0.05, 0.1) is 11.8 Å². The van der Waals surface area contributed by atoms with Crippen LogP contribution in [-0.4, -0.2) is 43.5 Å². The molecule has 2 heterocycles. The number of nitrogens with zero attached hydrogens (tertiary/aromatic N) is 1. The first kappa shape index (κ1) is 24.0. The third-order valence-electron chi connectivity index (χ3n) is 6.42. The molecule has 0 unspecified atom stereocenters. The summed E-state index contributed by atoms with van der Waals surface area (Å²) >= 11 is 0. The van der Waals surface area contributed by atoms with E-state index in [1.807, 2.05) is 10.8 Å². The molecule has 1 aliphatic rings. The van der Waals surface area contributed by atoms with E-state index in [0.29, 0.717) is 18.6 Å². The smallest absolute Gasteiger partial charge is 0.264 e. The Hall–Kier alpha value is -3.69. The van der Waals surface area contributed by atoms with Gasteiger partial charge in [-0.05, 0) is 66.9 Å². The van der Waals surface area contributed by atoms with Gasteiger partial charge in [0.2, 0.25) is 10.0 Å². The number of benzene rings is 3. The highest BCUT2D eigenvalue weighted by Gasteiger charge is 2.29. The molecular weight excluding hydrogens is 483 g/mol. The van der Waals surface area contributed by atoms with E-state index >= 15 is 0 Å². The molecule has 186 valence electrons. The van der Waals surface area contributed by atoms with E-state index in [9.17, 15) is 22.7 Å². The van der Waals surface area contributed by atoms with Crippen molar-refractivity contribution in [2.45, 2.75) is 18.8 Å². The molecule has 3 aromatic carbocycles. The van der Waals surface area contributed by atoms with E-state index in [1.165, 1.54) is 12.1 Å². The number of hydrogen-bond acceptors (Lipinski definition) is 5. The Morgan fingerprint density at radius 3 is 2.33 bits per heavy atom. The second kappa shape index (κ2) is 9.40. The highest BCUT2D eigenvalue weighted by Crippen LogP contribution is 2.46. The van der Waals surface area contributed by atoms with E-state index in [0.717, 1.165) is 47.1 Å². The molecule has 0 bridgehead atoms. The summed E-state index contributed by atoms with van der Waals surface area (Å²) < 4.78 is 46.4. The van der Waals surface area contributed by atoms with Crippen molar-refractivity contribution in [1.82, 2.24) is 9.29 Å². The zero-order valence-electron chi connectivity index (χ0n) is 19.6. The number of halogens is 1. The zero-order valence-corrected chi connectivity index (χ0v) is 20.4. The van der Waals surface area contributed by atoms with Crippen molar-refractivity contribution < 1.29 is 27.4 Å². The molecule has 1 amide bonds. The first-order chi connectivity index (χ1) is 17.2. The number of hydrogen-bond donors (Lipinski definition) is 2. The lowest BCUT2D eigenvalue weighted by Gasteiger charge is -2.26. The van der Waals surface area contributed by atoms with Gasteiger partial charge in [-0.15, -0.1) is 0 Å². The summed E-state index contributed by atoms with van der Waals surface area (Å²) in [4.78, 5) is 12.3. The molecule has 0 atom stereocenters. The summed E-state index contributed by atoms with van der Waals surface area (Å²) in [6, 6.07) is 18.2. The van der Waals surface area contributed by atoms with Gasteiger partial charge < -0.3 is 14.4 Å². The van der Waals surface area contributed by atoms with Crippen molar-refractivity contribution in [3.63, 3.8) is 0 Å². The molecule has 9 heteroatoms. The standard InChI is InChI=1S/C27H25FN2O5S/c1-36(33,34)29-27(32)19-7-5-17(6-8-19)24-25-22(3-2-4-23(25)31)30(21-11-9-20(28)10-12-21)26(24)18-13-15-35-16-14-18/h2-12,18,31H,13-16H2,1H3,(H,29,32). The fraction of sp³-hybridized carbons (Fsp3) is 0.222. The number of phenols is 1. The molecule has 1 fully saturated rings. The van der Waals surface area contributed by atoms with Crippen LogP contribution in [0.2, 0.25) is 0 Å². The number of phenolic OH excluding ortho intramolecular Hbond substituents is 1. The lowest BCUT2D eigenvalue weighted by molar-refractivity contribution is 0.0843. The van der Waals surface area contributed by atoms with E-state index in [1.54, 1.807) is 48.5 Å². The molecule has 0 spiro atoms. The van der Waals surface area contributed by atoms with Crippen LogP contribution >= 0.6 is 0 Å². The average Bonchev–Trinajstić information content (AvgIpc) is 3.20. The Morgan fingerprint density at radius 1 is 1.03 bits per heavy atom. The minimum Gasteiger partial charge on any atom is -0.507 e. The number of carbonyl (C=O) groups is 1. The van der Waals surface area contributed by atoms with E-state index in [-0.39, 0.29) is 23.0 Å². The van der Waals surface area contributed by atoms with Crippen LogP contribution in [-0.2, 0) is 14.8 Å². The molecule has 36 heavy (non-hydrogen) atoms. The molecule has 4 aromatic rings. The van der Waals surface area contributed by atoms with Gasteiger partial charge in [0.15, 0.2) is 0 Å². The highest BCUT2D eigenvalue weighted by molar-refractivity contribution is 7.89. The largest absolute Gasteiger partial charge is 0.507 e. The van der Waals surface area contributed by atoms with Crippen LogP contribution in [0.5, 0.6) is 5.75 Å². The monoisotopic (exact) mass is 508 g/mol. The molecule has 1 aliphatic heterocycles. The number of aromatic hydroxyl groups is 1. The zero-order chi connectivity index (χ0) is 25.4. The van der Waals surface area contributed by atoms with Gasteiger partial charge in [-0.2, -0.15) is 0 Å². The summed E-state index contributed by atoms with van der Waals surface area (Å²) in [7, 11) is -3.69. The maximum atomic E-state index is 13.8. The first-order valence-corrected chi connectivity index (χ1v) is 13.4. The van der Waals surface area contributed by atoms with Crippen LogP contribution in [0.3, 0.4) is 0 Å². The number of sulfonamides is 1. The molecular formula is C27H25FN2O5S. The molecule has 7 nitrogen and oxygen atoms in total. The number of nitrogens with one attached hydrogen (secondary N) is 1. The van der Waals surface area contributed by atoms with Crippen LogP contribution in [0.1, 0.15) is 34.8 Å². The fourth-order valence-corrected chi connectivity index (χ4v) is 5.33. The predicted octanol–water partition coefficient (Wildman–Crippen LogP) is 4.73. The summed E-state index contributed by atoms with van der Waals surface area (Å²) in [5.74, 6) is -0.839. The number of ether oxygens (including phenoxy) is 1. The summed E-state index contributed by atoms with van der Waals surface area (Å²) in [5, 5.41) is 11.6. The van der Waals surface area contributed by atoms with E-state index in [2.05, 4.69) is 4.57 Å². The van der Waals surface area contributed by atoms with Gasteiger partial charge in [0, 0.05) is 47.0 Å². The van der Waals surface area contributed by atoms with Crippen LogP contribution in [0.25, 0.3) is 27.7 Å². The quantitative estimate of drug-likeness (QED) is 0.406. The normalized spacial score (nSPS) is 14.7. The highest BCUT2D eigenvalue weighted by atomic mass is 32.2. The SMILES string of the molecule is CS(=O)(=O)NC(=O)c1ccc(-c2c(C3CCOCC3)n(-c3ccc(F)cc3)c3cccc(O)c23)cc1. The second-order valence-corrected chi connectivity index (χ2v) is 10.7. The van der Waals surface area contributed by atoms with Gasteiger partial charge in [-0.3, -0.25) is 4.79 Å². The summed E-state index contributed by atoms with van der Waals surface area (Å²) in [5.41, 5.74) is 4.29. The molecule has 0 radical (unpaired) electrons. The van der Waals surface area contributed by atoms with E-state index in [4.69, 9.17) is 4.74 Å². The van der Waals surface area contributed by atoms with Crippen molar-refractivity contribution in [2.75, 3.05) is 19.5 Å². The Bertz CT molecular complexity index is 1540. The number of carbonyl (C=O) groups excluding carboxylic acids is 1. The molecule has 0 saturated carbocycles. The van der Waals surface area contributed by atoms with Crippen molar-refractivity contribution in [1.29, 1.82) is 0 Å². The molecule has 5 rings (SSSR count). The Balaban J connectivity index is 1.74. The Labute approximate surface area is 208 Å². The minimum atomic E-state index is -3.69. The molecule has 1 aromatic heterocycles. The number of aromatic nitrogens is 1. The minimum absolute atomic E-state index is 0.107. The van der Waals surface area contributed by atoms with Gasteiger partial charge >= 0.3 is 0 Å². The maximum Gasteiger partial charge on any atom is 0.264 e. The Kier molecular flexibility index (Phi) is 6.27. The maximum absolute atomic E-state index is 13.8. The molecule has 1 saturated heterocycles. The van der Waals surface area contributed by atoms with Crippen molar-refractivity contribution in [2.24, 2.45) is 0 Å². The first-order valence-electron chi connectivity index (χ1n) is 11.6. The molecule has 2 N–H and O–H groups in total. The van der Waals surface area contributed by atoms with Crippen molar-refractivity contribution >= 4 is 26.8 Å². The molecule has 0 aliphatic carbocycles. The number of fused-ring (bicyclic) bond motifs is 1. The van der Waals surface area contributed by atoms with Crippen LogP contribution in [0, 0.1) is 5.82 Å². The number of amides is 1. The van der Waals surface area contributed by atoms with Crippen molar-refractivity contribution in [3.05, 3.63) is 83.8 Å². The van der Waals surface area contributed by atoms with Gasteiger partial charge in [-0.25, -0.2) is 17.5 Å². The van der Waals surface area contributed by atoms with Crippen molar-refractivity contribution in [3.8, 4) is 22.6 Å². The van der Waals surface area contributed by atoms with Gasteiger partial charge in [0.1, 0.15) is 11.6 Å². The number of rotatable bonds is 5. The lowest BCUT2D eigenvalue weighted by Crippen LogP contribution is -2.29. The third-order valence-corrected chi connectivity index (χ3v) is 6.97. The second-order valence-electron chi connectivity index (χ2n) is 8.91.